The number of benzene rings is 1. The van der Waals surface area contributed by atoms with Gasteiger partial charge in [0.2, 0.25) is 0 Å². The molecule has 1 aliphatic heterocycles. The van der Waals surface area contributed by atoms with E-state index in [2.05, 4.69) is 0 Å². The number of ether oxygens (including phenoxy) is 1. The van der Waals surface area contributed by atoms with Crippen molar-refractivity contribution in [3.63, 3.8) is 0 Å². The number of anilines is 1. The predicted molar refractivity (Wildman–Crippen MR) is 54.7 cm³/mol. The Kier molecular flexibility index (Phi) is 2.33. The Bertz CT molecular complexity index is 367. The molecule has 3 nitrogen and oxygen atoms in total. The summed E-state index contributed by atoms with van der Waals surface area (Å²) in [5.74, 6) is 0. The van der Waals surface area contributed by atoms with Crippen LogP contribution in [0.4, 0.5) is 10.5 Å². The number of hydrogen-bond acceptors (Lipinski definition) is 2. The van der Waals surface area contributed by atoms with Gasteiger partial charge in [-0.15, -0.1) is 0 Å². The van der Waals surface area contributed by atoms with Gasteiger partial charge < -0.3 is 4.74 Å². The van der Waals surface area contributed by atoms with Crippen LogP contribution in [0.1, 0.15) is 6.92 Å². The lowest BCUT2D eigenvalue weighted by Crippen LogP contribution is -2.23. The van der Waals surface area contributed by atoms with E-state index in [1.54, 1.807) is 17.0 Å². The number of carbonyl (C=O) groups is 1. The van der Waals surface area contributed by atoms with Gasteiger partial charge >= 0.3 is 6.09 Å². The summed E-state index contributed by atoms with van der Waals surface area (Å²) in [5.41, 5.74) is 0.784. The largest absolute Gasteiger partial charge is 0.444 e. The number of amides is 1. The molecule has 0 bridgehead atoms. The quantitative estimate of drug-likeness (QED) is 0.715. The number of halogens is 1. The number of carbonyl (C=O) groups excluding carboxylic acids is 1. The lowest BCUT2D eigenvalue weighted by molar-refractivity contribution is 0.150. The molecular weight excluding hydrogens is 202 g/mol. The molecule has 0 saturated carbocycles. The van der Waals surface area contributed by atoms with E-state index < -0.39 is 0 Å². The van der Waals surface area contributed by atoms with Gasteiger partial charge in [0.05, 0.1) is 6.54 Å². The summed E-state index contributed by atoms with van der Waals surface area (Å²) in [6, 6.07) is 7.18. The molecule has 0 aromatic heterocycles. The van der Waals surface area contributed by atoms with Gasteiger partial charge in [-0.1, -0.05) is 17.7 Å². The molecule has 1 aromatic carbocycles. The van der Waals surface area contributed by atoms with E-state index in [9.17, 15) is 4.79 Å². The lowest BCUT2D eigenvalue weighted by Gasteiger charge is -2.12. The highest BCUT2D eigenvalue weighted by molar-refractivity contribution is 6.30. The second-order valence-corrected chi connectivity index (χ2v) is 3.72. The van der Waals surface area contributed by atoms with Gasteiger partial charge in [0.1, 0.15) is 6.10 Å². The van der Waals surface area contributed by atoms with E-state index in [0.717, 1.165) is 5.69 Å². The van der Waals surface area contributed by atoms with Gasteiger partial charge in [0.15, 0.2) is 0 Å². The molecule has 1 saturated heterocycles. The molecule has 74 valence electrons. The van der Waals surface area contributed by atoms with Crippen LogP contribution in [-0.4, -0.2) is 18.7 Å². The maximum atomic E-state index is 11.4. The molecule has 2 rings (SSSR count). The van der Waals surface area contributed by atoms with Crippen LogP contribution < -0.4 is 4.90 Å². The van der Waals surface area contributed by atoms with Crippen molar-refractivity contribution in [2.75, 3.05) is 11.4 Å². The predicted octanol–water partition coefficient (Wildman–Crippen LogP) is 2.69. The highest BCUT2D eigenvalue weighted by Crippen LogP contribution is 2.23. The molecule has 1 fully saturated rings. The summed E-state index contributed by atoms with van der Waals surface area (Å²) in [7, 11) is 0. The first-order valence-corrected chi connectivity index (χ1v) is 4.78. The van der Waals surface area contributed by atoms with Crippen LogP contribution in [0.5, 0.6) is 0 Å². The molecule has 1 aromatic rings. The zero-order valence-corrected chi connectivity index (χ0v) is 8.49. The molecule has 1 amide bonds. The van der Waals surface area contributed by atoms with E-state index in [0.29, 0.717) is 11.6 Å². The van der Waals surface area contributed by atoms with Gasteiger partial charge in [-0.05, 0) is 25.1 Å². The summed E-state index contributed by atoms with van der Waals surface area (Å²) in [6.07, 6.45) is -0.360. The Labute approximate surface area is 87.2 Å². The normalized spacial score (nSPS) is 21.1. The monoisotopic (exact) mass is 211 g/mol. The zero-order chi connectivity index (χ0) is 10.1. The molecule has 0 N–H and O–H groups in total. The van der Waals surface area contributed by atoms with Crippen LogP contribution in [0, 0.1) is 0 Å². The number of rotatable bonds is 1. The third-order valence-electron chi connectivity index (χ3n) is 2.08. The second-order valence-electron chi connectivity index (χ2n) is 3.28. The first-order chi connectivity index (χ1) is 6.66. The van der Waals surface area contributed by atoms with Crippen LogP contribution in [0.2, 0.25) is 5.02 Å². The van der Waals surface area contributed by atoms with Crippen LogP contribution in [0.3, 0.4) is 0 Å². The Hall–Kier alpha value is -1.22. The van der Waals surface area contributed by atoms with Gasteiger partial charge in [0, 0.05) is 10.7 Å². The molecule has 1 heterocycles. The fourth-order valence-corrected chi connectivity index (χ4v) is 1.64. The molecule has 0 unspecified atom stereocenters. The summed E-state index contributed by atoms with van der Waals surface area (Å²) >= 11 is 5.83. The third-order valence-corrected chi connectivity index (χ3v) is 2.32. The molecule has 1 aliphatic rings. The van der Waals surface area contributed by atoms with E-state index in [1.807, 2.05) is 19.1 Å². The molecule has 4 heteroatoms. The van der Waals surface area contributed by atoms with Crippen LogP contribution in [0.15, 0.2) is 24.3 Å². The van der Waals surface area contributed by atoms with Crippen LogP contribution in [0.25, 0.3) is 0 Å². The van der Waals surface area contributed by atoms with Gasteiger partial charge in [-0.3, -0.25) is 4.90 Å². The smallest absolute Gasteiger partial charge is 0.414 e. The van der Waals surface area contributed by atoms with Crippen molar-refractivity contribution >= 4 is 23.4 Å². The third kappa shape index (κ3) is 1.68. The van der Waals surface area contributed by atoms with Gasteiger partial charge in [-0.25, -0.2) is 4.79 Å². The zero-order valence-electron chi connectivity index (χ0n) is 7.74. The molecule has 1 atom stereocenters. The van der Waals surface area contributed by atoms with Gasteiger partial charge in [0.25, 0.3) is 0 Å². The summed E-state index contributed by atoms with van der Waals surface area (Å²) in [4.78, 5) is 12.9. The molecule has 0 radical (unpaired) electrons. The Morgan fingerprint density at radius 1 is 1.57 bits per heavy atom. The SMILES string of the molecule is C[C@H]1CN(c2cccc(Cl)c2)C(=O)O1. The van der Waals surface area contributed by atoms with Gasteiger partial charge in [-0.2, -0.15) is 0 Å². The molecule has 14 heavy (non-hydrogen) atoms. The average molecular weight is 212 g/mol. The maximum Gasteiger partial charge on any atom is 0.414 e. The standard InChI is InChI=1S/C10H10ClNO2/c1-7-6-12(10(13)14-7)9-4-2-3-8(11)5-9/h2-5,7H,6H2,1H3/t7-/m0/s1. The van der Waals surface area contributed by atoms with E-state index in [4.69, 9.17) is 16.3 Å². The second kappa shape index (κ2) is 3.50. The van der Waals surface area contributed by atoms with E-state index in [1.165, 1.54) is 0 Å². The van der Waals surface area contributed by atoms with Crippen molar-refractivity contribution in [2.24, 2.45) is 0 Å². The maximum absolute atomic E-state index is 11.4. The van der Waals surface area contributed by atoms with E-state index in [-0.39, 0.29) is 12.2 Å². The summed E-state index contributed by atoms with van der Waals surface area (Å²) < 4.78 is 5.01. The van der Waals surface area contributed by atoms with Crippen molar-refractivity contribution in [3.05, 3.63) is 29.3 Å². The highest BCUT2D eigenvalue weighted by Gasteiger charge is 2.29. The molecule has 0 aliphatic carbocycles. The number of hydrogen-bond donors (Lipinski definition) is 0. The molecule has 0 spiro atoms. The molecular formula is C10H10ClNO2. The van der Waals surface area contributed by atoms with Crippen LogP contribution >= 0.6 is 11.6 Å². The fourth-order valence-electron chi connectivity index (χ4n) is 1.46. The lowest BCUT2D eigenvalue weighted by atomic mass is 10.3. The topological polar surface area (TPSA) is 29.5 Å². The van der Waals surface area contributed by atoms with Crippen molar-refractivity contribution in [3.8, 4) is 0 Å². The first-order valence-electron chi connectivity index (χ1n) is 4.40. The first kappa shape index (κ1) is 9.34. The minimum absolute atomic E-state index is 0.0542. The van der Waals surface area contributed by atoms with Crippen molar-refractivity contribution in [2.45, 2.75) is 13.0 Å². The van der Waals surface area contributed by atoms with Crippen molar-refractivity contribution < 1.29 is 9.53 Å². The summed E-state index contributed by atoms with van der Waals surface area (Å²) in [6.45, 7) is 2.45. The van der Waals surface area contributed by atoms with Crippen LogP contribution in [-0.2, 0) is 4.74 Å². The number of cyclic esters (lactones) is 1. The Morgan fingerprint density at radius 2 is 2.36 bits per heavy atom. The minimum Gasteiger partial charge on any atom is -0.444 e. The van der Waals surface area contributed by atoms with Crippen molar-refractivity contribution in [1.82, 2.24) is 0 Å². The number of nitrogens with zero attached hydrogens (tertiary/aromatic N) is 1. The Morgan fingerprint density at radius 3 is 2.93 bits per heavy atom. The van der Waals surface area contributed by atoms with Crippen molar-refractivity contribution in [1.29, 1.82) is 0 Å². The highest BCUT2D eigenvalue weighted by atomic mass is 35.5. The Balaban J connectivity index is 2.27. The minimum atomic E-state index is -0.306. The average Bonchev–Trinajstić information content (AvgIpc) is 2.45. The fraction of sp³-hybridized carbons (Fsp3) is 0.300. The van der Waals surface area contributed by atoms with E-state index >= 15 is 0 Å². The summed E-state index contributed by atoms with van der Waals surface area (Å²) in [5, 5.41) is 0.620.